The summed E-state index contributed by atoms with van der Waals surface area (Å²) >= 11 is 0. The summed E-state index contributed by atoms with van der Waals surface area (Å²) in [7, 11) is 3.16. The fourth-order valence-corrected chi connectivity index (χ4v) is 3.45. The first kappa shape index (κ1) is 15.5. The summed E-state index contributed by atoms with van der Waals surface area (Å²) < 4.78 is 17.1. The number of aliphatic hydroxyl groups is 1. The Kier molecular flexibility index (Phi) is 3.62. The Morgan fingerprint density at radius 3 is 1.68 bits per heavy atom. The van der Waals surface area contributed by atoms with Crippen LogP contribution in [0.2, 0.25) is 0 Å². The molecule has 0 bridgehead atoms. The van der Waals surface area contributed by atoms with Gasteiger partial charge in [-0.1, -0.05) is 42.5 Å². The van der Waals surface area contributed by atoms with Crippen LogP contribution in [0.3, 0.4) is 0 Å². The van der Waals surface area contributed by atoms with Gasteiger partial charge in [0.2, 0.25) is 0 Å². The molecule has 3 aromatic carbocycles. The molecule has 3 aromatic rings. The summed E-state index contributed by atoms with van der Waals surface area (Å²) in [5, 5.41) is 12.0. The summed E-state index contributed by atoms with van der Waals surface area (Å²) in [5.74, 6) is 2.31. The standard InChI is InChI=1S/C21H18O4/c1-23-18-12-7-13-19(24-2)20(18)21(22)14-8-3-5-10-16(14)25-17-11-6-4-9-15(17)21/h3-13,22H,1-2H3. The SMILES string of the molecule is COc1cccc(OC)c1C1(O)c2ccccc2Oc2ccccc21. The van der Waals surface area contributed by atoms with Crippen molar-refractivity contribution in [2.24, 2.45) is 0 Å². The van der Waals surface area contributed by atoms with E-state index in [9.17, 15) is 5.11 Å². The Bertz CT molecular complexity index is 865. The van der Waals surface area contributed by atoms with E-state index in [0.717, 1.165) is 0 Å². The average molecular weight is 334 g/mol. The van der Waals surface area contributed by atoms with Crippen molar-refractivity contribution < 1.29 is 19.3 Å². The van der Waals surface area contributed by atoms with Crippen molar-refractivity contribution in [3.8, 4) is 23.0 Å². The lowest BCUT2D eigenvalue weighted by Gasteiger charge is -2.37. The third-order valence-electron chi connectivity index (χ3n) is 4.56. The molecule has 1 aliphatic heterocycles. The van der Waals surface area contributed by atoms with Gasteiger partial charge in [0.05, 0.1) is 19.8 Å². The van der Waals surface area contributed by atoms with E-state index in [1.54, 1.807) is 14.2 Å². The van der Waals surface area contributed by atoms with Gasteiger partial charge in [-0.3, -0.25) is 0 Å². The molecule has 0 amide bonds. The van der Waals surface area contributed by atoms with Crippen LogP contribution in [0.5, 0.6) is 23.0 Å². The first-order valence-corrected chi connectivity index (χ1v) is 8.01. The van der Waals surface area contributed by atoms with Gasteiger partial charge in [-0.2, -0.15) is 0 Å². The normalized spacial score (nSPS) is 14.0. The molecule has 4 nitrogen and oxygen atoms in total. The first-order chi connectivity index (χ1) is 12.2. The van der Waals surface area contributed by atoms with Gasteiger partial charge in [0.1, 0.15) is 23.0 Å². The van der Waals surface area contributed by atoms with Crippen LogP contribution >= 0.6 is 0 Å². The van der Waals surface area contributed by atoms with Gasteiger partial charge in [0, 0.05) is 11.1 Å². The van der Waals surface area contributed by atoms with E-state index in [1.165, 1.54) is 0 Å². The lowest BCUT2D eigenvalue weighted by atomic mass is 9.77. The van der Waals surface area contributed by atoms with Crippen molar-refractivity contribution in [3.63, 3.8) is 0 Å². The highest BCUT2D eigenvalue weighted by Gasteiger charge is 2.45. The topological polar surface area (TPSA) is 47.9 Å². The maximum Gasteiger partial charge on any atom is 0.154 e. The number of hydrogen-bond acceptors (Lipinski definition) is 4. The zero-order valence-electron chi connectivity index (χ0n) is 14.0. The highest BCUT2D eigenvalue weighted by atomic mass is 16.5. The van der Waals surface area contributed by atoms with E-state index in [4.69, 9.17) is 14.2 Å². The van der Waals surface area contributed by atoms with Gasteiger partial charge in [-0.25, -0.2) is 0 Å². The van der Waals surface area contributed by atoms with Crippen LogP contribution in [-0.4, -0.2) is 19.3 Å². The van der Waals surface area contributed by atoms with Crippen LogP contribution in [0.25, 0.3) is 0 Å². The Hall–Kier alpha value is -2.98. The minimum Gasteiger partial charge on any atom is -0.496 e. The Balaban J connectivity index is 2.11. The van der Waals surface area contributed by atoms with Crippen LogP contribution in [0.15, 0.2) is 66.7 Å². The molecular weight excluding hydrogens is 316 g/mol. The van der Waals surface area contributed by atoms with Gasteiger partial charge in [0.25, 0.3) is 0 Å². The van der Waals surface area contributed by atoms with Crippen molar-refractivity contribution in [1.29, 1.82) is 0 Å². The van der Waals surface area contributed by atoms with Gasteiger partial charge >= 0.3 is 0 Å². The quantitative estimate of drug-likeness (QED) is 0.783. The minimum atomic E-state index is -1.45. The molecule has 0 unspecified atom stereocenters. The van der Waals surface area contributed by atoms with Crippen LogP contribution in [0.4, 0.5) is 0 Å². The van der Waals surface area contributed by atoms with Gasteiger partial charge in [0.15, 0.2) is 5.60 Å². The highest BCUT2D eigenvalue weighted by Crippen LogP contribution is 2.54. The number of hydrogen-bond donors (Lipinski definition) is 1. The fraction of sp³-hybridized carbons (Fsp3) is 0.143. The Labute approximate surface area is 146 Å². The number of fused-ring (bicyclic) bond motifs is 2. The molecule has 4 heteroatoms. The third-order valence-corrected chi connectivity index (χ3v) is 4.56. The second kappa shape index (κ2) is 5.83. The maximum atomic E-state index is 12.0. The van der Waals surface area contributed by atoms with Crippen molar-refractivity contribution in [2.75, 3.05) is 14.2 Å². The van der Waals surface area contributed by atoms with Crippen molar-refractivity contribution in [3.05, 3.63) is 83.4 Å². The van der Waals surface area contributed by atoms with Gasteiger partial charge in [-0.15, -0.1) is 0 Å². The average Bonchev–Trinajstić information content (AvgIpc) is 2.67. The molecule has 0 atom stereocenters. The Morgan fingerprint density at radius 1 is 0.720 bits per heavy atom. The van der Waals surface area contributed by atoms with Crippen molar-refractivity contribution in [1.82, 2.24) is 0 Å². The van der Waals surface area contributed by atoms with Crippen LogP contribution < -0.4 is 14.2 Å². The molecule has 0 aromatic heterocycles. The van der Waals surface area contributed by atoms with Crippen LogP contribution in [0.1, 0.15) is 16.7 Å². The second-order valence-electron chi connectivity index (χ2n) is 5.84. The summed E-state index contributed by atoms with van der Waals surface area (Å²) in [5.41, 5.74) is 0.403. The van der Waals surface area contributed by atoms with E-state index in [-0.39, 0.29) is 0 Å². The van der Waals surface area contributed by atoms with Gasteiger partial charge < -0.3 is 19.3 Å². The molecule has 0 saturated heterocycles. The van der Waals surface area contributed by atoms with E-state index in [0.29, 0.717) is 39.7 Å². The van der Waals surface area contributed by atoms with Crippen molar-refractivity contribution >= 4 is 0 Å². The zero-order valence-corrected chi connectivity index (χ0v) is 14.0. The van der Waals surface area contributed by atoms with E-state index < -0.39 is 5.60 Å². The summed E-state index contributed by atoms with van der Waals surface area (Å²) in [6.45, 7) is 0. The predicted molar refractivity (Wildman–Crippen MR) is 94.6 cm³/mol. The van der Waals surface area contributed by atoms with E-state index >= 15 is 0 Å². The summed E-state index contributed by atoms with van der Waals surface area (Å²) in [6, 6.07) is 20.4. The monoisotopic (exact) mass is 334 g/mol. The highest BCUT2D eigenvalue weighted by molar-refractivity contribution is 5.66. The maximum absolute atomic E-state index is 12.0. The molecular formula is C21H18O4. The molecule has 25 heavy (non-hydrogen) atoms. The van der Waals surface area contributed by atoms with E-state index in [1.807, 2.05) is 66.7 Å². The molecule has 1 N–H and O–H groups in total. The molecule has 0 radical (unpaired) electrons. The molecule has 1 aliphatic rings. The number of methoxy groups -OCH3 is 2. The largest absolute Gasteiger partial charge is 0.496 e. The molecule has 0 aliphatic carbocycles. The molecule has 126 valence electrons. The van der Waals surface area contributed by atoms with Gasteiger partial charge in [-0.05, 0) is 24.3 Å². The Morgan fingerprint density at radius 2 is 1.20 bits per heavy atom. The zero-order chi connectivity index (χ0) is 17.4. The molecule has 0 spiro atoms. The predicted octanol–water partition coefficient (Wildman–Crippen LogP) is 4.09. The molecule has 0 fully saturated rings. The van der Waals surface area contributed by atoms with Crippen LogP contribution in [0, 0.1) is 0 Å². The minimum absolute atomic E-state index is 0.549. The third kappa shape index (κ3) is 2.18. The van der Waals surface area contributed by atoms with E-state index in [2.05, 4.69) is 0 Å². The number of ether oxygens (including phenoxy) is 3. The second-order valence-corrected chi connectivity index (χ2v) is 5.84. The summed E-state index contributed by atoms with van der Waals surface area (Å²) in [6.07, 6.45) is 0. The first-order valence-electron chi connectivity index (χ1n) is 8.01. The lowest BCUT2D eigenvalue weighted by molar-refractivity contribution is 0.106. The fourth-order valence-electron chi connectivity index (χ4n) is 3.45. The molecule has 4 rings (SSSR count). The van der Waals surface area contributed by atoms with Crippen molar-refractivity contribution in [2.45, 2.75) is 5.60 Å². The number of para-hydroxylation sites is 2. The lowest BCUT2D eigenvalue weighted by Crippen LogP contribution is -2.33. The number of rotatable bonds is 3. The molecule has 0 saturated carbocycles. The smallest absolute Gasteiger partial charge is 0.154 e. The summed E-state index contributed by atoms with van der Waals surface area (Å²) in [4.78, 5) is 0. The number of benzene rings is 3. The van der Waals surface area contributed by atoms with Crippen LogP contribution in [-0.2, 0) is 5.60 Å². The molecule has 1 heterocycles.